The lowest BCUT2D eigenvalue weighted by molar-refractivity contribution is 0.119. The van der Waals surface area contributed by atoms with Crippen LogP contribution in [0, 0.1) is 5.92 Å². The van der Waals surface area contributed by atoms with Crippen LogP contribution in [0.2, 0.25) is 0 Å². The Bertz CT molecular complexity index is 649. The standard InChI is InChI=1S/C20H26N2OS/c1-15-11-17-9-5-6-10-20(17)24-22(13-15)14-19(23)18(21)12-16-7-3-2-4-8-16/h2-10,15,18-19,23H,11-14,21H2,1H3/t15-,18+,19-/m1/s1. The van der Waals surface area contributed by atoms with Crippen LogP contribution >= 0.6 is 11.9 Å². The SMILES string of the molecule is C[C@@H]1Cc2ccccc2SN(C[C@@H](O)[C@@H](N)Cc2ccccc2)C1. The van der Waals surface area contributed by atoms with Gasteiger partial charge in [0, 0.05) is 24.0 Å². The fraction of sp³-hybridized carbons (Fsp3) is 0.400. The van der Waals surface area contributed by atoms with Gasteiger partial charge in [-0.3, -0.25) is 0 Å². The molecule has 0 spiro atoms. The van der Waals surface area contributed by atoms with E-state index in [1.165, 1.54) is 16.0 Å². The molecule has 0 aliphatic carbocycles. The summed E-state index contributed by atoms with van der Waals surface area (Å²) in [4.78, 5) is 1.30. The van der Waals surface area contributed by atoms with Crippen molar-refractivity contribution >= 4 is 11.9 Å². The normalized spacial score (nSPS) is 20.9. The average molecular weight is 343 g/mol. The molecule has 0 unspecified atom stereocenters. The molecule has 0 fully saturated rings. The molecule has 0 bridgehead atoms. The van der Waals surface area contributed by atoms with E-state index in [-0.39, 0.29) is 6.04 Å². The third-order valence-corrected chi connectivity index (χ3v) is 5.63. The fourth-order valence-electron chi connectivity index (χ4n) is 3.20. The van der Waals surface area contributed by atoms with Gasteiger partial charge in [0.15, 0.2) is 0 Å². The summed E-state index contributed by atoms with van der Waals surface area (Å²) < 4.78 is 2.27. The average Bonchev–Trinajstić information content (AvgIpc) is 2.72. The zero-order valence-corrected chi connectivity index (χ0v) is 15.0. The lowest BCUT2D eigenvalue weighted by Crippen LogP contribution is -2.43. The lowest BCUT2D eigenvalue weighted by Gasteiger charge is -2.27. The largest absolute Gasteiger partial charge is 0.390 e. The third kappa shape index (κ3) is 4.61. The van der Waals surface area contributed by atoms with Crippen molar-refractivity contribution in [2.75, 3.05) is 13.1 Å². The smallest absolute Gasteiger partial charge is 0.0830 e. The summed E-state index contributed by atoms with van der Waals surface area (Å²) in [6.07, 6.45) is 1.26. The van der Waals surface area contributed by atoms with Gasteiger partial charge in [-0.1, -0.05) is 55.5 Å². The summed E-state index contributed by atoms with van der Waals surface area (Å²) in [6.45, 7) is 3.83. The van der Waals surface area contributed by atoms with E-state index >= 15 is 0 Å². The molecule has 4 heteroatoms. The first-order chi connectivity index (χ1) is 11.6. The second-order valence-corrected chi connectivity index (χ2v) is 7.91. The van der Waals surface area contributed by atoms with Crippen LogP contribution < -0.4 is 5.73 Å². The number of rotatable bonds is 5. The van der Waals surface area contributed by atoms with E-state index in [4.69, 9.17) is 5.73 Å². The van der Waals surface area contributed by atoms with E-state index in [2.05, 4.69) is 47.6 Å². The van der Waals surface area contributed by atoms with E-state index in [1.54, 1.807) is 11.9 Å². The van der Waals surface area contributed by atoms with E-state index in [0.717, 1.165) is 13.0 Å². The highest BCUT2D eigenvalue weighted by molar-refractivity contribution is 7.97. The maximum Gasteiger partial charge on any atom is 0.0830 e. The van der Waals surface area contributed by atoms with Crippen LogP contribution in [0.25, 0.3) is 0 Å². The van der Waals surface area contributed by atoms with Gasteiger partial charge in [-0.25, -0.2) is 4.31 Å². The molecule has 1 heterocycles. The van der Waals surface area contributed by atoms with E-state index in [9.17, 15) is 5.11 Å². The van der Waals surface area contributed by atoms with Crippen molar-refractivity contribution in [2.24, 2.45) is 11.7 Å². The maximum absolute atomic E-state index is 10.6. The van der Waals surface area contributed by atoms with Gasteiger partial charge in [0.05, 0.1) is 6.10 Å². The molecule has 2 aromatic rings. The van der Waals surface area contributed by atoms with Gasteiger partial charge in [-0.15, -0.1) is 0 Å². The molecule has 3 N–H and O–H groups in total. The second kappa shape index (κ2) is 8.17. The summed E-state index contributed by atoms with van der Waals surface area (Å²) in [5.74, 6) is 0.568. The quantitative estimate of drug-likeness (QED) is 0.820. The van der Waals surface area contributed by atoms with Crippen molar-refractivity contribution in [2.45, 2.75) is 36.8 Å². The van der Waals surface area contributed by atoms with Gasteiger partial charge in [0.1, 0.15) is 0 Å². The van der Waals surface area contributed by atoms with Gasteiger partial charge in [-0.2, -0.15) is 0 Å². The summed E-state index contributed by atoms with van der Waals surface area (Å²) in [6, 6.07) is 18.5. The maximum atomic E-state index is 10.6. The summed E-state index contributed by atoms with van der Waals surface area (Å²) >= 11 is 1.75. The Balaban J connectivity index is 1.62. The lowest BCUT2D eigenvalue weighted by atomic mass is 10.00. The molecule has 24 heavy (non-hydrogen) atoms. The Morgan fingerprint density at radius 2 is 1.88 bits per heavy atom. The van der Waals surface area contributed by atoms with Gasteiger partial charge >= 0.3 is 0 Å². The van der Waals surface area contributed by atoms with Gasteiger partial charge < -0.3 is 10.8 Å². The van der Waals surface area contributed by atoms with Gasteiger partial charge in [0.2, 0.25) is 0 Å². The zero-order chi connectivity index (χ0) is 16.9. The van der Waals surface area contributed by atoms with Crippen LogP contribution in [0.3, 0.4) is 0 Å². The first-order valence-corrected chi connectivity index (χ1v) is 9.37. The molecule has 2 aromatic carbocycles. The minimum Gasteiger partial charge on any atom is -0.390 e. The Hall–Kier alpha value is -1.33. The first-order valence-electron chi connectivity index (χ1n) is 8.60. The highest BCUT2D eigenvalue weighted by Gasteiger charge is 2.24. The molecule has 3 rings (SSSR count). The number of nitrogens with two attached hydrogens (primary N) is 1. The Labute approximate surface area is 149 Å². The molecule has 0 saturated carbocycles. The zero-order valence-electron chi connectivity index (χ0n) is 14.1. The predicted molar refractivity (Wildman–Crippen MR) is 101 cm³/mol. The van der Waals surface area contributed by atoms with Gasteiger partial charge in [0.25, 0.3) is 0 Å². The molecule has 3 atom stereocenters. The number of aliphatic hydroxyl groups excluding tert-OH is 1. The summed E-state index contributed by atoms with van der Waals surface area (Å²) in [5.41, 5.74) is 8.82. The highest BCUT2D eigenvalue weighted by Crippen LogP contribution is 2.32. The number of hydrogen-bond acceptors (Lipinski definition) is 4. The molecule has 0 radical (unpaired) electrons. The molecule has 1 aliphatic rings. The van der Waals surface area contributed by atoms with Crippen molar-refractivity contribution in [3.63, 3.8) is 0 Å². The summed E-state index contributed by atoms with van der Waals surface area (Å²) in [7, 11) is 0. The van der Waals surface area contributed by atoms with Crippen molar-refractivity contribution in [3.8, 4) is 0 Å². The molecular weight excluding hydrogens is 316 g/mol. The first kappa shape index (κ1) is 17.5. The predicted octanol–water partition coefficient (Wildman–Crippen LogP) is 3.12. The number of benzene rings is 2. The second-order valence-electron chi connectivity index (χ2n) is 6.78. The van der Waals surface area contributed by atoms with Crippen LogP contribution in [0.15, 0.2) is 59.5 Å². The number of nitrogens with zero attached hydrogens (tertiary/aromatic N) is 1. The number of hydrogen-bond donors (Lipinski definition) is 2. The minimum absolute atomic E-state index is 0.248. The summed E-state index contributed by atoms with van der Waals surface area (Å²) in [5, 5.41) is 10.6. The molecule has 1 aliphatic heterocycles. The Morgan fingerprint density at radius 1 is 1.17 bits per heavy atom. The van der Waals surface area contributed by atoms with Crippen molar-refractivity contribution in [1.82, 2.24) is 4.31 Å². The highest BCUT2D eigenvalue weighted by atomic mass is 32.2. The molecule has 128 valence electrons. The molecular formula is C20H26N2OS. The molecule has 0 saturated heterocycles. The molecule has 0 amide bonds. The molecule has 0 aromatic heterocycles. The number of fused-ring (bicyclic) bond motifs is 1. The van der Waals surface area contributed by atoms with Crippen molar-refractivity contribution in [3.05, 3.63) is 65.7 Å². The van der Waals surface area contributed by atoms with E-state index < -0.39 is 6.10 Å². The van der Waals surface area contributed by atoms with Crippen LogP contribution in [0.1, 0.15) is 18.1 Å². The fourth-order valence-corrected chi connectivity index (χ4v) is 4.45. The van der Waals surface area contributed by atoms with Crippen molar-refractivity contribution in [1.29, 1.82) is 0 Å². The topological polar surface area (TPSA) is 49.5 Å². The number of β-amino-alcohol motifs (C(OH)–C–C–N with tert-alkyl or cyclic N) is 1. The third-order valence-electron chi connectivity index (χ3n) is 4.48. The Morgan fingerprint density at radius 3 is 2.67 bits per heavy atom. The van der Waals surface area contributed by atoms with Crippen molar-refractivity contribution < 1.29 is 5.11 Å². The Kier molecular flexibility index (Phi) is 5.95. The van der Waals surface area contributed by atoms with Crippen LogP contribution in [0.5, 0.6) is 0 Å². The van der Waals surface area contributed by atoms with E-state index in [0.29, 0.717) is 18.9 Å². The minimum atomic E-state index is -0.532. The van der Waals surface area contributed by atoms with E-state index in [1.807, 2.05) is 18.2 Å². The monoisotopic (exact) mass is 342 g/mol. The van der Waals surface area contributed by atoms with Gasteiger partial charge in [-0.05, 0) is 47.9 Å². The number of aliphatic hydroxyl groups is 1. The molecule has 3 nitrogen and oxygen atoms in total. The van der Waals surface area contributed by atoms with Crippen LogP contribution in [-0.4, -0.2) is 34.6 Å². The van der Waals surface area contributed by atoms with Crippen LogP contribution in [-0.2, 0) is 12.8 Å². The van der Waals surface area contributed by atoms with Crippen LogP contribution in [0.4, 0.5) is 0 Å².